The van der Waals surface area contributed by atoms with Gasteiger partial charge in [0.15, 0.2) is 18.0 Å². The average Bonchev–Trinajstić information content (AvgIpc) is 2.81. The summed E-state index contributed by atoms with van der Waals surface area (Å²) >= 11 is 0. The number of nitrogens with two attached hydrogens (primary N) is 1. The highest BCUT2D eigenvalue weighted by Gasteiger charge is 2.60. The Bertz CT molecular complexity index is 1370. The zero-order valence-electron chi connectivity index (χ0n) is 18.6. The first kappa shape index (κ1) is 24.7. The van der Waals surface area contributed by atoms with E-state index < -0.39 is 37.9 Å². The number of hydrogen-bond donors (Lipinski definition) is 1. The molecular weight excluding hydrogens is 464 g/mol. The van der Waals surface area contributed by atoms with E-state index in [2.05, 4.69) is 26.8 Å². The van der Waals surface area contributed by atoms with E-state index in [1.807, 2.05) is 0 Å². The first-order valence-corrected chi connectivity index (χ1v) is 11.2. The standard InChI is InChI=1S/C23H21F2N5O3S/c1-6-10-33-20-14-27-19(13-28-20)18(25)12-15-8-9-17(24)16(11-15)23(7-2)22(3,4)34(31,32)30(5)21(26)29-23/h1-2,8-9,11-14H,10H2,3-5H3,(H2,26,29)/b18-12-/t23-/m1/s1. The van der Waals surface area contributed by atoms with Gasteiger partial charge >= 0.3 is 0 Å². The summed E-state index contributed by atoms with van der Waals surface area (Å²) < 4.78 is 60.1. The smallest absolute Gasteiger partial charge is 0.246 e. The summed E-state index contributed by atoms with van der Waals surface area (Å²) in [5.74, 6) is 2.71. The maximum Gasteiger partial charge on any atom is 0.246 e. The molecule has 2 aromatic rings. The Balaban J connectivity index is 2.10. The lowest BCUT2D eigenvalue weighted by Crippen LogP contribution is -2.62. The molecule has 34 heavy (non-hydrogen) atoms. The van der Waals surface area contributed by atoms with Crippen LogP contribution in [0.25, 0.3) is 11.9 Å². The van der Waals surface area contributed by atoms with Crippen LogP contribution < -0.4 is 10.5 Å². The molecule has 176 valence electrons. The molecule has 3 rings (SSSR count). The Morgan fingerprint density at radius 1 is 1.29 bits per heavy atom. The van der Waals surface area contributed by atoms with Crippen LogP contribution in [0.1, 0.15) is 30.7 Å². The van der Waals surface area contributed by atoms with Crippen LogP contribution in [0.4, 0.5) is 8.78 Å². The van der Waals surface area contributed by atoms with Crippen molar-refractivity contribution >= 4 is 27.9 Å². The van der Waals surface area contributed by atoms with Crippen molar-refractivity contribution in [3.63, 3.8) is 0 Å². The number of guanidine groups is 1. The van der Waals surface area contributed by atoms with Crippen molar-refractivity contribution in [2.75, 3.05) is 13.7 Å². The molecule has 0 aliphatic carbocycles. The minimum atomic E-state index is -4.13. The van der Waals surface area contributed by atoms with Gasteiger partial charge in [0.25, 0.3) is 0 Å². The largest absolute Gasteiger partial charge is 0.463 e. The molecule has 1 aromatic carbocycles. The third-order valence-corrected chi connectivity index (χ3v) is 8.03. The van der Waals surface area contributed by atoms with Gasteiger partial charge in [0.1, 0.15) is 16.3 Å². The van der Waals surface area contributed by atoms with Gasteiger partial charge in [-0.15, -0.1) is 12.8 Å². The molecule has 0 spiro atoms. The second kappa shape index (κ2) is 8.76. The molecule has 8 nitrogen and oxygen atoms in total. The monoisotopic (exact) mass is 485 g/mol. The fourth-order valence-electron chi connectivity index (χ4n) is 3.46. The molecule has 11 heteroatoms. The molecule has 1 atom stereocenters. The average molecular weight is 486 g/mol. The van der Waals surface area contributed by atoms with Crippen molar-refractivity contribution in [3.8, 4) is 30.6 Å². The SMILES string of the molecule is C#CCOc1cnc(/C(F)=C/c2ccc(F)c([C@@]3(C#C)N=C(N)N(C)S(=O)(=O)C3(C)C)c2)cn1. The van der Waals surface area contributed by atoms with Crippen LogP contribution in [0.5, 0.6) is 5.88 Å². The number of ether oxygens (including phenoxy) is 1. The van der Waals surface area contributed by atoms with E-state index in [0.717, 1.165) is 22.6 Å². The zero-order valence-corrected chi connectivity index (χ0v) is 19.4. The fraction of sp³-hybridized carbons (Fsp3) is 0.261. The van der Waals surface area contributed by atoms with E-state index >= 15 is 4.39 Å². The Hall–Kier alpha value is -3.96. The normalized spacial score (nSPS) is 21.2. The molecule has 0 saturated carbocycles. The van der Waals surface area contributed by atoms with Crippen LogP contribution >= 0.6 is 0 Å². The maximum absolute atomic E-state index is 15.0. The van der Waals surface area contributed by atoms with Gasteiger partial charge in [-0.1, -0.05) is 17.9 Å². The van der Waals surface area contributed by atoms with Gasteiger partial charge in [0, 0.05) is 12.6 Å². The molecule has 1 aliphatic rings. The quantitative estimate of drug-likeness (QED) is 0.651. The number of nitrogens with zero attached hydrogens (tertiary/aromatic N) is 4. The topological polar surface area (TPSA) is 111 Å². The minimum Gasteiger partial charge on any atom is -0.463 e. The molecule has 0 fully saturated rings. The first-order valence-electron chi connectivity index (χ1n) is 9.78. The maximum atomic E-state index is 15.0. The summed E-state index contributed by atoms with van der Waals surface area (Å²) in [4.78, 5) is 12.0. The van der Waals surface area contributed by atoms with Gasteiger partial charge in [-0.25, -0.2) is 36.5 Å². The molecule has 2 N–H and O–H groups in total. The highest BCUT2D eigenvalue weighted by atomic mass is 32.2. The van der Waals surface area contributed by atoms with Crippen molar-refractivity contribution in [1.29, 1.82) is 0 Å². The van der Waals surface area contributed by atoms with Gasteiger partial charge in [-0.3, -0.25) is 0 Å². The molecule has 0 bridgehead atoms. The first-order chi connectivity index (χ1) is 15.9. The fourth-order valence-corrected chi connectivity index (χ4v) is 5.02. The third kappa shape index (κ3) is 3.84. The Labute approximate surface area is 196 Å². The van der Waals surface area contributed by atoms with E-state index in [1.165, 1.54) is 39.2 Å². The zero-order chi connectivity index (χ0) is 25.3. The van der Waals surface area contributed by atoms with E-state index in [4.69, 9.17) is 23.3 Å². The van der Waals surface area contributed by atoms with Crippen molar-refractivity contribution in [2.24, 2.45) is 10.7 Å². The predicted molar refractivity (Wildman–Crippen MR) is 125 cm³/mol. The molecule has 0 unspecified atom stereocenters. The van der Waals surface area contributed by atoms with Gasteiger partial charge in [-0.05, 0) is 37.6 Å². The van der Waals surface area contributed by atoms with Crippen LogP contribution in [0.2, 0.25) is 0 Å². The van der Waals surface area contributed by atoms with Crippen LogP contribution in [0.3, 0.4) is 0 Å². The van der Waals surface area contributed by atoms with E-state index in [0.29, 0.717) is 0 Å². The highest BCUT2D eigenvalue weighted by Crippen LogP contribution is 2.46. The lowest BCUT2D eigenvalue weighted by molar-refractivity contribution is 0.353. The van der Waals surface area contributed by atoms with Crippen LogP contribution in [-0.4, -0.2) is 47.1 Å². The van der Waals surface area contributed by atoms with Crippen molar-refractivity contribution in [2.45, 2.75) is 24.1 Å². The predicted octanol–water partition coefficient (Wildman–Crippen LogP) is 2.29. The number of terminal acetylenes is 2. The Morgan fingerprint density at radius 3 is 2.59 bits per heavy atom. The Morgan fingerprint density at radius 2 is 2.00 bits per heavy atom. The third-order valence-electron chi connectivity index (χ3n) is 5.54. The summed E-state index contributed by atoms with van der Waals surface area (Å²) in [6, 6.07) is 3.57. The van der Waals surface area contributed by atoms with Gasteiger partial charge in [0.2, 0.25) is 21.9 Å². The summed E-state index contributed by atoms with van der Waals surface area (Å²) in [7, 11) is -2.90. The number of halogens is 2. The summed E-state index contributed by atoms with van der Waals surface area (Å²) in [6.45, 7) is 2.64. The van der Waals surface area contributed by atoms with Crippen molar-refractivity contribution < 1.29 is 21.9 Å². The van der Waals surface area contributed by atoms with Crippen molar-refractivity contribution in [3.05, 3.63) is 53.2 Å². The van der Waals surface area contributed by atoms with E-state index in [-0.39, 0.29) is 29.3 Å². The summed E-state index contributed by atoms with van der Waals surface area (Å²) in [5, 5.41) is 0. The number of aliphatic imine (C=N–C) groups is 1. The molecule has 1 aliphatic heterocycles. The number of rotatable bonds is 5. The molecular formula is C23H21F2N5O3S. The second-order valence-electron chi connectivity index (χ2n) is 7.77. The lowest BCUT2D eigenvalue weighted by atomic mass is 9.79. The number of hydrogen-bond acceptors (Lipinski definition) is 7. The van der Waals surface area contributed by atoms with Crippen LogP contribution in [-0.2, 0) is 15.6 Å². The molecule has 0 amide bonds. The highest BCUT2D eigenvalue weighted by molar-refractivity contribution is 7.91. The summed E-state index contributed by atoms with van der Waals surface area (Å²) in [6.07, 6.45) is 14.3. The molecule has 2 heterocycles. The van der Waals surface area contributed by atoms with Gasteiger partial charge in [-0.2, -0.15) is 0 Å². The minimum absolute atomic E-state index is 0.0174. The number of benzene rings is 1. The second-order valence-corrected chi connectivity index (χ2v) is 10.3. The van der Waals surface area contributed by atoms with E-state index in [1.54, 1.807) is 0 Å². The number of sulfonamides is 1. The van der Waals surface area contributed by atoms with E-state index in [9.17, 15) is 12.8 Å². The molecule has 0 radical (unpaired) electrons. The summed E-state index contributed by atoms with van der Waals surface area (Å²) in [5.41, 5.74) is 3.63. The Kier molecular flexibility index (Phi) is 6.36. The van der Waals surface area contributed by atoms with Crippen molar-refractivity contribution in [1.82, 2.24) is 14.3 Å². The number of aromatic nitrogens is 2. The van der Waals surface area contributed by atoms with Gasteiger partial charge in [0.05, 0.1) is 12.4 Å². The van der Waals surface area contributed by atoms with Crippen LogP contribution in [0, 0.1) is 30.5 Å². The lowest BCUT2D eigenvalue weighted by Gasteiger charge is -2.45. The van der Waals surface area contributed by atoms with Crippen LogP contribution in [0.15, 0.2) is 35.6 Å². The molecule has 0 saturated heterocycles. The molecule has 1 aromatic heterocycles. The van der Waals surface area contributed by atoms with Gasteiger partial charge < -0.3 is 10.5 Å².